The van der Waals surface area contributed by atoms with E-state index in [0.717, 1.165) is 0 Å². The van der Waals surface area contributed by atoms with Gasteiger partial charge in [-0.05, 0) is 81.8 Å². The lowest BCUT2D eigenvalue weighted by atomic mass is 9.77. The number of carbonyl (C=O) groups is 2. The predicted molar refractivity (Wildman–Crippen MR) is 178 cm³/mol. The summed E-state index contributed by atoms with van der Waals surface area (Å²) in [4.78, 5) is 29.7. The van der Waals surface area contributed by atoms with Gasteiger partial charge in [0.05, 0.1) is 41.5 Å². The van der Waals surface area contributed by atoms with Gasteiger partial charge < -0.3 is 53.7 Å². The Balaban J connectivity index is 1.82. The van der Waals surface area contributed by atoms with Crippen molar-refractivity contribution in [1.82, 2.24) is 4.90 Å². The third-order valence-electron chi connectivity index (χ3n) is 11.3. The van der Waals surface area contributed by atoms with Gasteiger partial charge >= 0.3 is 5.97 Å². The van der Waals surface area contributed by atoms with Crippen molar-refractivity contribution < 1.29 is 58.4 Å². The van der Waals surface area contributed by atoms with Crippen LogP contribution in [0.2, 0.25) is 0 Å². The first-order chi connectivity index (χ1) is 22.5. The molecule has 0 aromatic carbocycles. The van der Waals surface area contributed by atoms with Crippen LogP contribution in [0.15, 0.2) is 11.3 Å². The van der Waals surface area contributed by atoms with Crippen molar-refractivity contribution in [2.75, 3.05) is 14.1 Å². The van der Waals surface area contributed by atoms with E-state index in [-0.39, 0.29) is 30.8 Å². The van der Waals surface area contributed by atoms with Crippen LogP contribution in [0.1, 0.15) is 94.9 Å². The zero-order valence-electron chi connectivity index (χ0n) is 31.3. The van der Waals surface area contributed by atoms with Crippen LogP contribution in [0.25, 0.3) is 0 Å². The number of cyclic esters (lactones) is 1. The predicted octanol–water partition coefficient (Wildman–Crippen LogP) is 2.45. The highest BCUT2D eigenvalue weighted by Gasteiger charge is 2.56. The summed E-state index contributed by atoms with van der Waals surface area (Å²) < 4.78 is 37.8. The second-order valence-corrected chi connectivity index (χ2v) is 16.0. The number of likely N-dealkylation sites (N-methyl/N-ethyl adjacent to an activating group) is 1. The van der Waals surface area contributed by atoms with E-state index in [9.17, 15) is 30.0 Å². The van der Waals surface area contributed by atoms with Crippen molar-refractivity contribution in [1.29, 1.82) is 0 Å². The molecular weight excluding hydrogens is 638 g/mol. The largest absolute Gasteiger partial charge is 0.479 e. The summed E-state index contributed by atoms with van der Waals surface area (Å²) in [6, 6.07) is -0.288. The second-order valence-electron chi connectivity index (χ2n) is 16.0. The summed E-state index contributed by atoms with van der Waals surface area (Å²) in [5, 5.41) is 45.5. The van der Waals surface area contributed by atoms with Crippen LogP contribution in [0, 0.1) is 17.8 Å². The molecule has 3 saturated heterocycles. The Labute approximate surface area is 291 Å². The lowest BCUT2D eigenvalue weighted by Gasteiger charge is -2.48. The number of allylic oxidation sites excluding steroid dienone is 1. The van der Waals surface area contributed by atoms with Gasteiger partial charge in [-0.2, -0.15) is 0 Å². The van der Waals surface area contributed by atoms with Gasteiger partial charge in [-0.1, -0.05) is 20.8 Å². The van der Waals surface area contributed by atoms with Crippen molar-refractivity contribution in [3.05, 3.63) is 11.3 Å². The number of rotatable bonds is 6. The van der Waals surface area contributed by atoms with Crippen LogP contribution in [0.4, 0.5) is 0 Å². The summed E-state index contributed by atoms with van der Waals surface area (Å²) in [7, 11) is 3.74. The fourth-order valence-corrected chi connectivity index (χ4v) is 8.40. The van der Waals surface area contributed by atoms with E-state index in [1.165, 1.54) is 6.92 Å². The number of hydrogen-bond donors (Lipinski definition) is 4. The lowest BCUT2D eigenvalue weighted by Crippen LogP contribution is -2.60. The third kappa shape index (κ3) is 7.90. The van der Waals surface area contributed by atoms with Crippen molar-refractivity contribution in [3.8, 4) is 0 Å². The third-order valence-corrected chi connectivity index (χ3v) is 11.3. The molecule has 0 saturated carbocycles. The molecule has 13 nitrogen and oxygen atoms in total. The Hall–Kier alpha value is -1.68. The van der Waals surface area contributed by atoms with E-state index >= 15 is 0 Å². The number of esters is 1. The van der Waals surface area contributed by atoms with E-state index in [2.05, 4.69) is 0 Å². The zero-order valence-corrected chi connectivity index (χ0v) is 31.3. The summed E-state index contributed by atoms with van der Waals surface area (Å²) in [6.45, 7) is 17.0. The van der Waals surface area contributed by atoms with Crippen LogP contribution < -0.4 is 0 Å². The lowest BCUT2D eigenvalue weighted by molar-refractivity contribution is -0.316. The summed E-state index contributed by atoms with van der Waals surface area (Å²) in [6.07, 6.45) is -7.68. The van der Waals surface area contributed by atoms with E-state index in [0.29, 0.717) is 24.2 Å². The fraction of sp³-hybridized carbons (Fsp3) is 0.889. The first-order valence-electron chi connectivity index (χ1n) is 17.8. The minimum Gasteiger partial charge on any atom is -0.479 e. The van der Waals surface area contributed by atoms with Crippen molar-refractivity contribution in [2.45, 2.75) is 173 Å². The van der Waals surface area contributed by atoms with Gasteiger partial charge in [0.25, 0.3) is 0 Å². The molecule has 0 amide bonds. The van der Waals surface area contributed by atoms with E-state index in [4.69, 9.17) is 28.4 Å². The quantitative estimate of drug-likeness (QED) is 0.298. The number of hydrogen-bond acceptors (Lipinski definition) is 13. The summed E-state index contributed by atoms with van der Waals surface area (Å²) in [5.74, 6) is -2.77. The Morgan fingerprint density at radius 1 is 0.939 bits per heavy atom. The maximum atomic E-state index is 14.1. The number of ether oxygens (including phenoxy) is 6. The molecule has 16 atom stereocenters. The van der Waals surface area contributed by atoms with Crippen molar-refractivity contribution >= 4 is 11.8 Å². The van der Waals surface area contributed by atoms with Crippen LogP contribution >= 0.6 is 0 Å². The smallest absolute Gasteiger partial charge is 0.311 e. The van der Waals surface area contributed by atoms with Gasteiger partial charge in [0.1, 0.15) is 24.1 Å². The van der Waals surface area contributed by atoms with E-state index in [1.54, 1.807) is 41.5 Å². The van der Waals surface area contributed by atoms with Crippen LogP contribution in [0.5, 0.6) is 0 Å². The summed E-state index contributed by atoms with van der Waals surface area (Å²) >= 11 is 0. The molecule has 13 heteroatoms. The Kier molecular flexibility index (Phi) is 12.1. The number of ketones is 1. The molecule has 0 unspecified atom stereocenters. The average Bonchev–Trinajstić information content (AvgIpc) is 3.24. The number of aliphatic hydroxyl groups is 4. The SMILES string of the molecule is CC[C@@H]1OC(=O)[C@@H](C)[C@H](O[C@@H]2C[C@@](C)(O)[C@H](O)[C@@H](C)O2)[C@H](C)[C@@H](O[C@@H]2O[C@H](C)C[C@@H](N(C)C)[C@@H]2O)[C@@](C)(O)C[C@@H](C)C2=C(C)C(=O)[C@@]1(C)O2. The molecule has 0 radical (unpaired) electrons. The number of Topliss-reactive ketones (excluding diaryl/α,β-unsaturated/α-hetero) is 1. The van der Waals surface area contributed by atoms with Gasteiger partial charge in [0.15, 0.2) is 12.6 Å². The van der Waals surface area contributed by atoms with Crippen LogP contribution in [-0.4, -0.2) is 129 Å². The maximum Gasteiger partial charge on any atom is 0.311 e. The molecular formula is C36H61NO12. The molecule has 2 bridgehead atoms. The highest BCUT2D eigenvalue weighted by molar-refractivity contribution is 6.04. The number of aliphatic hydroxyl groups excluding tert-OH is 2. The first kappa shape index (κ1) is 40.1. The monoisotopic (exact) mass is 699 g/mol. The van der Waals surface area contributed by atoms with Gasteiger partial charge in [0, 0.05) is 29.9 Å². The van der Waals surface area contributed by atoms with Gasteiger partial charge in [0.2, 0.25) is 11.4 Å². The molecule has 0 aliphatic carbocycles. The Morgan fingerprint density at radius 3 is 2.14 bits per heavy atom. The highest BCUT2D eigenvalue weighted by atomic mass is 16.7. The Bertz CT molecular complexity index is 1240. The average molecular weight is 700 g/mol. The molecule has 4 aliphatic heterocycles. The standard InChI is InChI=1S/C36H61NO12/c1-13-24-36(10)29(39)19(4)27(49-36)17(2)15-35(9,43)31(48-33-26(38)23(37(11)12)14-18(3)44-33)20(5)28(21(6)32(41)46-24)47-25-16-34(8,42)30(40)22(7)45-25/h17-18,20-26,28,30-31,33,38,40,42-43H,13-16H2,1-12H3/t17-,18-,20+,21+,22-,23-,24+,25-,26+,28-,30-,31-,33+,34-,35+,36+/m1/s1. The van der Waals surface area contributed by atoms with Crippen molar-refractivity contribution in [3.63, 3.8) is 0 Å². The molecule has 3 fully saturated rings. The Morgan fingerprint density at radius 2 is 1.57 bits per heavy atom. The molecule has 4 aliphatic rings. The first-order valence-corrected chi connectivity index (χ1v) is 17.8. The molecule has 49 heavy (non-hydrogen) atoms. The number of fused-ring (bicyclic) bond motifs is 2. The minimum absolute atomic E-state index is 0.0814. The molecule has 0 aromatic heterocycles. The number of nitrogens with zero attached hydrogens (tertiary/aromatic N) is 1. The second kappa shape index (κ2) is 14.7. The topological polar surface area (TPSA) is 174 Å². The summed E-state index contributed by atoms with van der Waals surface area (Å²) in [5.41, 5.74) is -4.26. The van der Waals surface area contributed by atoms with Crippen molar-refractivity contribution in [2.24, 2.45) is 17.8 Å². The van der Waals surface area contributed by atoms with E-state index < -0.39 is 89.7 Å². The van der Waals surface area contributed by atoms with Gasteiger partial charge in [-0.15, -0.1) is 0 Å². The molecule has 0 aromatic rings. The molecule has 4 heterocycles. The molecule has 4 rings (SSSR count). The van der Waals surface area contributed by atoms with Gasteiger partial charge in [-0.25, -0.2) is 0 Å². The molecule has 0 spiro atoms. The van der Waals surface area contributed by atoms with Gasteiger partial charge in [-0.3, -0.25) is 9.59 Å². The van der Waals surface area contributed by atoms with Crippen LogP contribution in [0.3, 0.4) is 0 Å². The maximum absolute atomic E-state index is 14.1. The molecule has 4 N–H and O–H groups in total. The minimum atomic E-state index is -1.65. The van der Waals surface area contributed by atoms with Crippen LogP contribution in [-0.2, 0) is 38.0 Å². The zero-order chi connectivity index (χ0) is 37.0. The molecule has 282 valence electrons. The highest BCUT2D eigenvalue weighted by Crippen LogP contribution is 2.44. The van der Waals surface area contributed by atoms with E-state index in [1.807, 2.05) is 39.8 Å². The number of carbonyl (C=O) groups excluding carboxylic acids is 2. The fourth-order valence-electron chi connectivity index (χ4n) is 8.40. The normalized spacial score (nSPS) is 48.8.